The molecule has 0 saturated carbocycles. The van der Waals surface area contributed by atoms with Gasteiger partial charge in [-0.1, -0.05) is 0 Å². The smallest absolute Gasteiger partial charge is 0.313 e. The third kappa shape index (κ3) is 27.2. The van der Waals surface area contributed by atoms with Crippen molar-refractivity contribution < 1.29 is 76.3 Å². The van der Waals surface area contributed by atoms with Gasteiger partial charge in [-0.15, -0.1) is 0 Å². The van der Waals surface area contributed by atoms with Gasteiger partial charge in [-0.3, -0.25) is 38.4 Å². The number of Topliss-reactive ketones (excluding diaryl/α,β-unsaturated/α-hetero) is 4. The molecule has 0 saturated heterocycles. The average molecular weight is 677 g/mol. The van der Waals surface area contributed by atoms with Gasteiger partial charge in [0.05, 0.1) is 25.4 Å². The van der Waals surface area contributed by atoms with Gasteiger partial charge in [-0.25, -0.2) is 0 Å². The molecule has 0 aliphatic carbocycles. The van der Waals surface area contributed by atoms with Crippen molar-refractivity contribution in [2.24, 2.45) is 0 Å². The van der Waals surface area contributed by atoms with Crippen LogP contribution in [0.2, 0.25) is 0 Å². The Morgan fingerprint density at radius 3 is 1.19 bits per heavy atom. The zero-order chi connectivity index (χ0) is 35.6. The van der Waals surface area contributed by atoms with Crippen LogP contribution in [0.5, 0.6) is 0 Å². The minimum Gasteiger partial charge on any atom is -0.463 e. The summed E-state index contributed by atoms with van der Waals surface area (Å²) in [5.74, 6) is -4.26. The number of hydrogen-bond acceptors (Lipinski definition) is 16. The third-order valence-electron chi connectivity index (χ3n) is 5.65. The van der Waals surface area contributed by atoms with Crippen LogP contribution in [0.1, 0.15) is 73.1 Å². The molecular weight excluding hydrogens is 628 g/mol. The highest BCUT2D eigenvalue weighted by Gasteiger charge is 2.20. The largest absolute Gasteiger partial charge is 0.463 e. The second kappa shape index (κ2) is 26.5. The minimum atomic E-state index is -0.799. The molecule has 16 heteroatoms. The fourth-order valence-corrected chi connectivity index (χ4v) is 3.55. The molecule has 0 aromatic rings. The molecule has 0 fully saturated rings. The van der Waals surface area contributed by atoms with Crippen molar-refractivity contribution in [3.05, 3.63) is 0 Å². The van der Waals surface area contributed by atoms with Gasteiger partial charge in [-0.05, 0) is 34.6 Å². The lowest BCUT2D eigenvalue weighted by Crippen LogP contribution is -2.31. The summed E-state index contributed by atoms with van der Waals surface area (Å²) in [5, 5.41) is 0. The maximum Gasteiger partial charge on any atom is 0.313 e. The molecule has 268 valence electrons. The average Bonchev–Trinajstić information content (AvgIpc) is 2.95. The summed E-state index contributed by atoms with van der Waals surface area (Å²) in [6.45, 7) is 6.43. The number of ether oxygens (including phenoxy) is 8. The van der Waals surface area contributed by atoms with Gasteiger partial charge >= 0.3 is 23.9 Å². The molecule has 0 aliphatic rings. The van der Waals surface area contributed by atoms with Crippen LogP contribution in [0.15, 0.2) is 0 Å². The van der Waals surface area contributed by atoms with Crippen LogP contribution in [-0.2, 0) is 76.3 Å². The monoisotopic (exact) mass is 676 g/mol. The highest BCUT2D eigenvalue weighted by atomic mass is 16.6. The molecule has 0 aliphatic heterocycles. The van der Waals surface area contributed by atoms with E-state index in [9.17, 15) is 38.4 Å². The van der Waals surface area contributed by atoms with Crippen LogP contribution in [0.3, 0.4) is 0 Å². The summed E-state index contributed by atoms with van der Waals surface area (Å²) in [6.07, 6.45) is -3.08. The molecule has 16 nitrogen and oxygen atoms in total. The summed E-state index contributed by atoms with van der Waals surface area (Å²) >= 11 is 0. The summed E-state index contributed by atoms with van der Waals surface area (Å²) in [5.41, 5.74) is 0. The number of ketones is 4. The maximum absolute atomic E-state index is 12.0. The first kappa shape index (κ1) is 43.4. The summed E-state index contributed by atoms with van der Waals surface area (Å²) in [6, 6.07) is 0. The predicted octanol–water partition coefficient (Wildman–Crippen LogP) is 1.05. The first-order chi connectivity index (χ1) is 22.2. The molecule has 0 heterocycles. The van der Waals surface area contributed by atoms with Crippen LogP contribution in [0, 0.1) is 0 Å². The number of carbonyl (C=O) groups excluding carboxylic acids is 8. The molecule has 0 rings (SSSR count). The van der Waals surface area contributed by atoms with Crippen molar-refractivity contribution in [1.29, 1.82) is 0 Å². The van der Waals surface area contributed by atoms with E-state index in [1.165, 1.54) is 27.7 Å². The number of esters is 4. The summed E-state index contributed by atoms with van der Waals surface area (Å²) in [7, 11) is 0. The van der Waals surface area contributed by atoms with Crippen molar-refractivity contribution in [1.82, 2.24) is 0 Å². The van der Waals surface area contributed by atoms with Crippen molar-refractivity contribution in [2.45, 2.75) is 91.5 Å². The molecule has 3 atom stereocenters. The molecule has 0 N–H and O–H groups in total. The van der Waals surface area contributed by atoms with E-state index in [-0.39, 0.29) is 95.3 Å². The Labute approximate surface area is 274 Å². The van der Waals surface area contributed by atoms with Gasteiger partial charge in [0, 0.05) is 32.7 Å². The van der Waals surface area contributed by atoms with Crippen LogP contribution in [0.25, 0.3) is 0 Å². The Balaban J connectivity index is 5.17. The van der Waals surface area contributed by atoms with Crippen LogP contribution < -0.4 is 0 Å². The SMILES string of the molecule is CCOC(CCOC(CCOC(COCCOC(=O)CC(C)=O)COC(=O)CC(C)=O)COC(=O)CC(C)=O)COC(=O)CC(C)=O. The van der Waals surface area contributed by atoms with E-state index in [0.717, 1.165) is 0 Å². The zero-order valence-corrected chi connectivity index (χ0v) is 27.9. The Bertz CT molecular complexity index is 1020. The minimum absolute atomic E-state index is 0.0123. The molecule has 0 radical (unpaired) electrons. The first-order valence-electron chi connectivity index (χ1n) is 15.2. The first-order valence-corrected chi connectivity index (χ1v) is 15.2. The Kier molecular flexibility index (Phi) is 24.4. The molecule has 0 aromatic carbocycles. The van der Waals surface area contributed by atoms with E-state index < -0.39 is 55.0 Å². The summed E-state index contributed by atoms with van der Waals surface area (Å²) in [4.78, 5) is 91.7. The molecule has 0 aromatic heterocycles. The van der Waals surface area contributed by atoms with E-state index >= 15 is 0 Å². The quantitative estimate of drug-likeness (QED) is 0.0469. The molecule has 0 amide bonds. The van der Waals surface area contributed by atoms with E-state index in [1.807, 2.05) is 0 Å². The van der Waals surface area contributed by atoms with Gasteiger partial charge in [-0.2, -0.15) is 0 Å². The van der Waals surface area contributed by atoms with Gasteiger partial charge < -0.3 is 37.9 Å². The number of carbonyl (C=O) groups is 8. The standard InChI is InChI=1S/C31H48O16/c1-6-41-25(18-45-29(37)14-22(3)33)7-9-42-26(19-46-30(38)15-23(4)34)8-10-43-27(20-47-31(39)16-24(5)35)17-40-11-12-44-28(36)13-21(2)32/h25-27H,6-20H2,1-5H3. The van der Waals surface area contributed by atoms with Gasteiger partial charge in [0.2, 0.25) is 0 Å². The lowest BCUT2D eigenvalue weighted by molar-refractivity contribution is -0.154. The Hall–Kier alpha value is -3.60. The lowest BCUT2D eigenvalue weighted by Gasteiger charge is -2.22. The van der Waals surface area contributed by atoms with E-state index in [0.29, 0.717) is 13.0 Å². The third-order valence-corrected chi connectivity index (χ3v) is 5.65. The predicted molar refractivity (Wildman–Crippen MR) is 160 cm³/mol. The molecule has 3 unspecified atom stereocenters. The fourth-order valence-electron chi connectivity index (χ4n) is 3.55. The Morgan fingerprint density at radius 1 is 0.426 bits per heavy atom. The second-order valence-corrected chi connectivity index (χ2v) is 10.5. The van der Waals surface area contributed by atoms with Crippen molar-refractivity contribution in [3.8, 4) is 0 Å². The molecular formula is C31H48O16. The van der Waals surface area contributed by atoms with Crippen LogP contribution in [-0.4, -0.2) is 125 Å². The maximum atomic E-state index is 12.0. The van der Waals surface area contributed by atoms with E-state index in [4.69, 9.17) is 37.9 Å². The van der Waals surface area contributed by atoms with Crippen molar-refractivity contribution in [2.75, 3.05) is 59.5 Å². The van der Waals surface area contributed by atoms with Gasteiger partial charge in [0.1, 0.15) is 81.3 Å². The van der Waals surface area contributed by atoms with Crippen molar-refractivity contribution >= 4 is 47.0 Å². The number of hydrogen-bond donors (Lipinski definition) is 0. The Morgan fingerprint density at radius 2 is 0.787 bits per heavy atom. The molecule has 47 heavy (non-hydrogen) atoms. The normalized spacial score (nSPS) is 12.7. The van der Waals surface area contributed by atoms with E-state index in [1.54, 1.807) is 6.92 Å². The molecule has 0 spiro atoms. The number of rotatable bonds is 29. The van der Waals surface area contributed by atoms with Crippen LogP contribution in [0.4, 0.5) is 0 Å². The van der Waals surface area contributed by atoms with E-state index in [2.05, 4.69) is 0 Å². The lowest BCUT2D eigenvalue weighted by atomic mass is 10.2. The van der Waals surface area contributed by atoms with Gasteiger partial charge in [0.15, 0.2) is 0 Å². The fraction of sp³-hybridized carbons (Fsp3) is 0.742. The topological polar surface area (TPSA) is 210 Å². The molecule has 0 bridgehead atoms. The van der Waals surface area contributed by atoms with Crippen molar-refractivity contribution in [3.63, 3.8) is 0 Å². The second-order valence-electron chi connectivity index (χ2n) is 10.5. The van der Waals surface area contributed by atoms with Crippen LogP contribution >= 0.6 is 0 Å². The summed E-state index contributed by atoms with van der Waals surface area (Å²) < 4.78 is 43.0. The highest BCUT2D eigenvalue weighted by molar-refractivity contribution is 5.95. The zero-order valence-electron chi connectivity index (χ0n) is 27.9. The highest BCUT2D eigenvalue weighted by Crippen LogP contribution is 2.09. The van der Waals surface area contributed by atoms with Gasteiger partial charge in [0.25, 0.3) is 0 Å².